The third-order valence-corrected chi connectivity index (χ3v) is 4.77. The summed E-state index contributed by atoms with van der Waals surface area (Å²) in [5.41, 5.74) is 0.640. The van der Waals surface area contributed by atoms with Crippen LogP contribution in [0.1, 0.15) is 11.1 Å². The molecule has 27 heavy (non-hydrogen) atoms. The van der Waals surface area contributed by atoms with E-state index in [9.17, 15) is 23.1 Å². The van der Waals surface area contributed by atoms with Crippen LogP contribution in [0.4, 0.5) is 23.7 Å². The van der Waals surface area contributed by atoms with Crippen molar-refractivity contribution in [1.82, 2.24) is 4.31 Å². The van der Waals surface area contributed by atoms with Crippen LogP contribution in [0.5, 0.6) is 11.5 Å². The third kappa shape index (κ3) is 4.36. The molecular weight excluding hydrogens is 381 g/mol. The van der Waals surface area contributed by atoms with Gasteiger partial charge in [0.1, 0.15) is 11.5 Å². The van der Waals surface area contributed by atoms with E-state index in [1.54, 1.807) is 30.7 Å². The number of rotatable bonds is 4. The lowest BCUT2D eigenvalue weighted by Crippen LogP contribution is -2.37. The molecule has 0 fully saturated rings. The molecule has 1 amide bonds. The normalized spacial score (nSPS) is 15.9. The van der Waals surface area contributed by atoms with Crippen molar-refractivity contribution in [2.75, 3.05) is 6.26 Å². The third-order valence-electron chi connectivity index (χ3n) is 3.95. The summed E-state index contributed by atoms with van der Waals surface area (Å²) in [5, 5.41) is 9.24. The van der Waals surface area contributed by atoms with E-state index in [1.807, 2.05) is 0 Å². The number of aliphatic imine (C=N–C) groups is 1. The largest absolute Gasteiger partial charge is 0.464 e. The molecule has 1 heterocycles. The Hall–Kier alpha value is -2.68. The Morgan fingerprint density at radius 1 is 1.26 bits per heavy atom. The summed E-state index contributed by atoms with van der Waals surface area (Å²) in [6, 6.07) is 9.15. The van der Waals surface area contributed by atoms with Gasteiger partial charge in [-0.05, 0) is 53.9 Å². The van der Waals surface area contributed by atoms with E-state index in [-0.39, 0.29) is 5.75 Å². The van der Waals surface area contributed by atoms with Crippen molar-refractivity contribution in [1.29, 1.82) is 0 Å². The van der Waals surface area contributed by atoms with E-state index in [1.165, 1.54) is 16.4 Å². The number of hydrogen-bond donors (Lipinski definition) is 1. The van der Waals surface area contributed by atoms with E-state index < -0.39 is 23.9 Å². The van der Waals surface area contributed by atoms with Crippen LogP contribution < -0.4 is 4.74 Å². The van der Waals surface area contributed by atoms with Gasteiger partial charge in [0.25, 0.3) is 0 Å². The molecule has 1 N–H and O–H groups in total. The average molecular weight is 396 g/mol. The molecule has 0 aliphatic carbocycles. The summed E-state index contributed by atoms with van der Waals surface area (Å²) >= 11 is 1.07. The Morgan fingerprint density at radius 2 is 2.00 bits per heavy atom. The minimum Gasteiger partial charge on any atom is -0.464 e. The van der Waals surface area contributed by atoms with Crippen LogP contribution in [-0.4, -0.2) is 34.0 Å². The second-order valence-electron chi connectivity index (χ2n) is 5.76. The summed E-state index contributed by atoms with van der Waals surface area (Å²) in [5.74, 6) is 0.423. The maximum Gasteiger partial charge on any atom is 0.418 e. The second-order valence-corrected chi connectivity index (χ2v) is 6.52. The van der Waals surface area contributed by atoms with Crippen molar-refractivity contribution in [3.63, 3.8) is 0 Å². The van der Waals surface area contributed by atoms with Gasteiger partial charge in [-0.2, -0.15) is 13.2 Å². The Kier molecular flexibility index (Phi) is 5.31. The highest BCUT2D eigenvalue weighted by molar-refractivity contribution is 7.96. The Bertz CT molecular complexity index is 886. The molecule has 1 atom stereocenters. The molecule has 0 bridgehead atoms. The fourth-order valence-corrected chi connectivity index (χ4v) is 3.29. The predicted molar refractivity (Wildman–Crippen MR) is 97.0 cm³/mol. The number of carbonyl (C=O) groups is 1. The number of amides is 1. The predicted octanol–water partition coefficient (Wildman–Crippen LogP) is 5.38. The monoisotopic (exact) mass is 396 g/mol. The lowest BCUT2D eigenvalue weighted by Gasteiger charge is -2.27. The summed E-state index contributed by atoms with van der Waals surface area (Å²) < 4.78 is 45.2. The van der Waals surface area contributed by atoms with E-state index >= 15 is 0 Å². The zero-order valence-corrected chi connectivity index (χ0v) is 14.9. The van der Waals surface area contributed by atoms with Crippen LogP contribution in [0, 0.1) is 0 Å². The highest BCUT2D eigenvalue weighted by Gasteiger charge is 2.30. The van der Waals surface area contributed by atoms with Gasteiger partial charge in [0.2, 0.25) is 0 Å². The van der Waals surface area contributed by atoms with E-state index in [0.29, 0.717) is 17.9 Å². The lowest BCUT2D eigenvalue weighted by molar-refractivity contribution is -0.137. The van der Waals surface area contributed by atoms with Gasteiger partial charge in [0.05, 0.1) is 17.3 Å². The number of hydrogen-bond acceptors (Lipinski definition) is 4. The van der Waals surface area contributed by atoms with Crippen LogP contribution >= 0.6 is 11.9 Å². The van der Waals surface area contributed by atoms with Gasteiger partial charge in [-0.15, -0.1) is 0 Å². The van der Waals surface area contributed by atoms with E-state index in [2.05, 4.69) is 4.99 Å². The molecule has 0 aromatic heterocycles. The van der Waals surface area contributed by atoms with Crippen LogP contribution in [0.2, 0.25) is 0 Å². The average Bonchev–Trinajstić information content (AvgIpc) is 2.61. The molecule has 0 saturated heterocycles. The van der Waals surface area contributed by atoms with Gasteiger partial charge in [0.15, 0.2) is 0 Å². The molecule has 0 saturated carbocycles. The van der Waals surface area contributed by atoms with Gasteiger partial charge in [-0.25, -0.2) is 9.10 Å². The molecule has 0 spiro atoms. The molecule has 2 aromatic rings. The molecule has 5 nitrogen and oxygen atoms in total. The Balaban J connectivity index is 1.82. The van der Waals surface area contributed by atoms with Crippen molar-refractivity contribution < 1.29 is 27.8 Å². The van der Waals surface area contributed by atoms with Gasteiger partial charge in [-0.1, -0.05) is 6.07 Å². The zero-order valence-electron chi connectivity index (χ0n) is 14.1. The highest BCUT2D eigenvalue weighted by atomic mass is 32.2. The van der Waals surface area contributed by atoms with Crippen molar-refractivity contribution in [3.8, 4) is 11.5 Å². The smallest absolute Gasteiger partial charge is 0.418 e. The first-order chi connectivity index (χ1) is 12.8. The maximum atomic E-state index is 12.8. The molecule has 3 rings (SSSR count). The topological polar surface area (TPSA) is 62.1 Å². The minimum atomic E-state index is -4.45. The number of fused-ring (bicyclic) bond motifs is 1. The van der Waals surface area contributed by atoms with Gasteiger partial charge in [0, 0.05) is 18.9 Å². The van der Waals surface area contributed by atoms with Crippen LogP contribution in [0.25, 0.3) is 0 Å². The molecular formula is C18H15F3N2O3S. The van der Waals surface area contributed by atoms with Crippen molar-refractivity contribution >= 4 is 29.9 Å². The first-order valence-corrected chi connectivity index (χ1v) is 9.04. The standard InChI is InChI=1S/C18H15F3N2O3S/c1-27-23(17(24)25)13-7-11-8-15(5-6-16(11)22-10-13)26-14-4-2-3-12(9-14)18(19,20)21/h2-6,8-10,13H,7H2,1H3,(H,24,25). The van der Waals surface area contributed by atoms with Crippen LogP contribution in [-0.2, 0) is 12.6 Å². The summed E-state index contributed by atoms with van der Waals surface area (Å²) in [7, 11) is 0. The van der Waals surface area contributed by atoms with E-state index in [0.717, 1.165) is 29.6 Å². The molecule has 1 aliphatic rings. The fourth-order valence-electron chi connectivity index (χ4n) is 2.73. The highest BCUT2D eigenvalue weighted by Crippen LogP contribution is 2.35. The number of benzene rings is 2. The number of ether oxygens (including phenoxy) is 1. The number of nitrogens with zero attached hydrogens (tertiary/aromatic N) is 2. The van der Waals surface area contributed by atoms with Crippen molar-refractivity contribution in [2.24, 2.45) is 4.99 Å². The van der Waals surface area contributed by atoms with Gasteiger partial charge < -0.3 is 9.84 Å². The minimum absolute atomic E-state index is 0.0666. The first kappa shape index (κ1) is 19.1. The van der Waals surface area contributed by atoms with Crippen LogP contribution in [0.15, 0.2) is 47.5 Å². The number of carboxylic acid groups (broad SMARTS) is 1. The molecule has 0 radical (unpaired) electrons. The molecule has 1 unspecified atom stereocenters. The lowest BCUT2D eigenvalue weighted by atomic mass is 10.0. The SMILES string of the molecule is CSN(C(=O)O)C1C=Nc2ccc(Oc3cccc(C(F)(F)F)c3)cc2C1. The van der Waals surface area contributed by atoms with Gasteiger partial charge >= 0.3 is 12.3 Å². The van der Waals surface area contributed by atoms with Crippen molar-refractivity contribution in [2.45, 2.75) is 18.6 Å². The second kappa shape index (κ2) is 7.51. The zero-order chi connectivity index (χ0) is 19.6. The van der Waals surface area contributed by atoms with E-state index in [4.69, 9.17) is 4.74 Å². The molecule has 9 heteroatoms. The maximum absolute atomic E-state index is 12.8. The number of halogens is 3. The Morgan fingerprint density at radius 3 is 2.67 bits per heavy atom. The summed E-state index contributed by atoms with van der Waals surface area (Å²) in [6.45, 7) is 0. The summed E-state index contributed by atoms with van der Waals surface area (Å²) in [6.07, 6.45) is -1.90. The van der Waals surface area contributed by atoms with Gasteiger partial charge in [-0.3, -0.25) is 4.99 Å². The fraction of sp³-hybridized carbons (Fsp3) is 0.222. The quantitative estimate of drug-likeness (QED) is 0.705. The molecule has 1 aliphatic heterocycles. The first-order valence-electron chi connectivity index (χ1n) is 7.86. The molecule has 2 aromatic carbocycles. The Labute approximate surface area is 157 Å². The summed E-state index contributed by atoms with van der Waals surface area (Å²) in [4.78, 5) is 15.6. The van der Waals surface area contributed by atoms with Crippen molar-refractivity contribution in [3.05, 3.63) is 53.6 Å². The van der Waals surface area contributed by atoms with Crippen LogP contribution in [0.3, 0.4) is 0 Å². The molecule has 142 valence electrons. The number of alkyl halides is 3.